The van der Waals surface area contributed by atoms with E-state index in [2.05, 4.69) is 34.2 Å². The van der Waals surface area contributed by atoms with Crippen molar-refractivity contribution in [2.45, 2.75) is 53.1 Å². The minimum Gasteiger partial charge on any atom is -0.355 e. The quantitative estimate of drug-likeness (QED) is 0.397. The van der Waals surface area contributed by atoms with Crippen molar-refractivity contribution in [2.75, 3.05) is 31.1 Å². The zero-order valence-corrected chi connectivity index (χ0v) is 20.5. The number of amides is 2. The number of nitrogens with zero attached hydrogens (tertiary/aromatic N) is 4. The standard InChI is InChI=1S/C27H35N5O2/c1-5-7-10-15-29-26(33)19-30(25-16-24(28-4)14-13-21(25)3)20-27(34)32(6-2)31-17-22-11-8-9-12-23(22)18-31/h8-9,11-14,16H,5-7,10,15,17-20H2,1-3H3,(H,29,33). The van der Waals surface area contributed by atoms with Crippen LogP contribution in [-0.4, -0.2) is 48.0 Å². The van der Waals surface area contributed by atoms with E-state index >= 15 is 0 Å². The first-order valence-electron chi connectivity index (χ1n) is 12.1. The Morgan fingerprint density at radius 3 is 2.38 bits per heavy atom. The lowest BCUT2D eigenvalue weighted by molar-refractivity contribution is -0.148. The number of rotatable bonds is 11. The van der Waals surface area contributed by atoms with Crippen LogP contribution in [0.4, 0.5) is 11.4 Å². The van der Waals surface area contributed by atoms with Gasteiger partial charge in [-0.15, -0.1) is 0 Å². The molecule has 2 aromatic rings. The van der Waals surface area contributed by atoms with Gasteiger partial charge in [0.15, 0.2) is 5.69 Å². The molecule has 2 amide bonds. The number of hydrogen-bond acceptors (Lipinski definition) is 4. The second-order valence-electron chi connectivity index (χ2n) is 8.70. The molecule has 0 spiro atoms. The Hall–Kier alpha value is -3.37. The zero-order valence-electron chi connectivity index (χ0n) is 20.5. The van der Waals surface area contributed by atoms with Crippen LogP contribution in [0.5, 0.6) is 0 Å². The summed E-state index contributed by atoms with van der Waals surface area (Å²) in [5.41, 5.74) is 4.63. The lowest BCUT2D eigenvalue weighted by Gasteiger charge is -2.34. The van der Waals surface area contributed by atoms with Gasteiger partial charge in [-0.05, 0) is 43.0 Å². The molecule has 180 valence electrons. The molecule has 0 unspecified atom stereocenters. The highest BCUT2D eigenvalue weighted by atomic mass is 16.2. The van der Waals surface area contributed by atoms with Crippen LogP contribution >= 0.6 is 0 Å². The van der Waals surface area contributed by atoms with Crippen molar-refractivity contribution >= 4 is 23.2 Å². The number of unbranched alkanes of at least 4 members (excludes halogenated alkanes) is 2. The third-order valence-corrected chi connectivity index (χ3v) is 6.18. The maximum absolute atomic E-state index is 13.5. The molecule has 1 aliphatic heterocycles. The van der Waals surface area contributed by atoms with Crippen LogP contribution < -0.4 is 10.2 Å². The first-order valence-corrected chi connectivity index (χ1v) is 12.1. The molecule has 1 heterocycles. The van der Waals surface area contributed by atoms with Crippen LogP contribution in [0.15, 0.2) is 42.5 Å². The highest BCUT2D eigenvalue weighted by molar-refractivity contribution is 5.87. The predicted molar refractivity (Wildman–Crippen MR) is 135 cm³/mol. The highest BCUT2D eigenvalue weighted by Crippen LogP contribution is 2.27. The summed E-state index contributed by atoms with van der Waals surface area (Å²) in [5.74, 6) is -0.185. The van der Waals surface area contributed by atoms with Crippen molar-refractivity contribution < 1.29 is 9.59 Å². The molecular weight excluding hydrogens is 426 g/mol. The van der Waals surface area contributed by atoms with Crippen LogP contribution in [0.2, 0.25) is 0 Å². The summed E-state index contributed by atoms with van der Waals surface area (Å²) in [6.07, 6.45) is 3.09. The van der Waals surface area contributed by atoms with Crippen LogP contribution in [0.1, 0.15) is 49.8 Å². The predicted octanol–water partition coefficient (Wildman–Crippen LogP) is 4.44. The van der Waals surface area contributed by atoms with E-state index in [1.165, 1.54) is 11.1 Å². The van der Waals surface area contributed by atoms with Gasteiger partial charge >= 0.3 is 0 Å². The van der Waals surface area contributed by atoms with Crippen LogP contribution in [0.25, 0.3) is 4.85 Å². The lowest BCUT2D eigenvalue weighted by Crippen LogP contribution is -2.49. The summed E-state index contributed by atoms with van der Waals surface area (Å²) in [6.45, 7) is 16.1. The van der Waals surface area contributed by atoms with Crippen molar-refractivity contribution in [2.24, 2.45) is 0 Å². The molecule has 1 N–H and O–H groups in total. The number of aryl methyl sites for hydroxylation is 1. The first kappa shape index (κ1) is 25.3. The van der Waals surface area contributed by atoms with Gasteiger partial charge in [-0.3, -0.25) is 14.6 Å². The van der Waals surface area contributed by atoms with E-state index in [9.17, 15) is 9.59 Å². The molecule has 7 heteroatoms. The SMILES string of the molecule is [C-]#[N+]c1ccc(C)c(N(CC(=O)NCCCCC)CC(=O)N(CC)N2Cc3ccccc3C2)c1. The normalized spacial score (nSPS) is 12.6. The van der Waals surface area contributed by atoms with E-state index in [1.54, 1.807) is 22.0 Å². The summed E-state index contributed by atoms with van der Waals surface area (Å²) >= 11 is 0. The number of likely N-dealkylation sites (N-methyl/N-ethyl adjacent to an activating group) is 1. The molecule has 34 heavy (non-hydrogen) atoms. The Balaban J connectivity index is 1.76. The molecule has 0 radical (unpaired) electrons. The largest absolute Gasteiger partial charge is 0.355 e. The second-order valence-corrected chi connectivity index (χ2v) is 8.70. The Morgan fingerprint density at radius 1 is 1.06 bits per heavy atom. The van der Waals surface area contributed by atoms with Crippen LogP contribution in [0.3, 0.4) is 0 Å². The summed E-state index contributed by atoms with van der Waals surface area (Å²) in [6, 6.07) is 13.6. The number of benzene rings is 2. The third-order valence-electron chi connectivity index (χ3n) is 6.18. The number of nitrogens with one attached hydrogen (secondary N) is 1. The van der Waals surface area contributed by atoms with E-state index in [-0.39, 0.29) is 24.9 Å². The number of anilines is 1. The van der Waals surface area contributed by atoms with Gasteiger partial charge in [-0.1, -0.05) is 56.2 Å². The van der Waals surface area contributed by atoms with E-state index < -0.39 is 0 Å². The molecule has 0 aromatic heterocycles. The van der Waals surface area contributed by atoms with Gasteiger partial charge < -0.3 is 10.2 Å². The van der Waals surface area contributed by atoms with Crippen molar-refractivity contribution in [1.82, 2.24) is 15.3 Å². The van der Waals surface area contributed by atoms with Crippen molar-refractivity contribution in [3.05, 3.63) is 70.6 Å². The average molecular weight is 462 g/mol. The Morgan fingerprint density at radius 2 is 1.76 bits per heavy atom. The number of hydrogen-bond donors (Lipinski definition) is 1. The van der Waals surface area contributed by atoms with Crippen molar-refractivity contribution in [3.8, 4) is 0 Å². The first-order chi connectivity index (χ1) is 16.5. The number of hydrazine groups is 1. The molecule has 7 nitrogen and oxygen atoms in total. The molecule has 0 fully saturated rings. The van der Waals surface area contributed by atoms with E-state index in [0.29, 0.717) is 31.9 Å². The molecule has 0 aliphatic carbocycles. The fourth-order valence-electron chi connectivity index (χ4n) is 4.33. The van der Waals surface area contributed by atoms with Crippen molar-refractivity contribution in [3.63, 3.8) is 0 Å². The van der Waals surface area contributed by atoms with Gasteiger partial charge in [0.25, 0.3) is 5.91 Å². The van der Waals surface area contributed by atoms with Crippen LogP contribution in [0, 0.1) is 13.5 Å². The van der Waals surface area contributed by atoms with Gasteiger partial charge in [0.05, 0.1) is 19.7 Å². The molecule has 0 bridgehead atoms. The second kappa shape index (κ2) is 12.2. The Kier molecular flexibility index (Phi) is 9.06. The lowest BCUT2D eigenvalue weighted by atomic mass is 10.1. The zero-order chi connectivity index (χ0) is 24.5. The molecule has 3 rings (SSSR count). The molecule has 0 atom stereocenters. The molecule has 0 saturated heterocycles. The average Bonchev–Trinajstić information content (AvgIpc) is 3.26. The molecule has 0 saturated carbocycles. The fourth-order valence-corrected chi connectivity index (χ4v) is 4.33. The van der Waals surface area contributed by atoms with E-state index in [1.807, 2.05) is 32.0 Å². The number of carbonyl (C=O) groups excluding carboxylic acids is 2. The van der Waals surface area contributed by atoms with Gasteiger partial charge in [-0.25, -0.2) is 9.85 Å². The summed E-state index contributed by atoms with van der Waals surface area (Å²) < 4.78 is 0. The molecule has 1 aliphatic rings. The molecular formula is C27H35N5O2. The van der Waals surface area contributed by atoms with Crippen LogP contribution in [-0.2, 0) is 22.7 Å². The fraction of sp³-hybridized carbons (Fsp3) is 0.444. The topological polar surface area (TPSA) is 60.3 Å². The Bertz CT molecular complexity index is 1020. The minimum atomic E-state index is -0.117. The monoisotopic (exact) mass is 461 g/mol. The maximum atomic E-state index is 13.5. The van der Waals surface area contributed by atoms with Gasteiger partial charge in [0, 0.05) is 31.9 Å². The van der Waals surface area contributed by atoms with Gasteiger partial charge in [0.1, 0.15) is 0 Å². The number of fused-ring (bicyclic) bond motifs is 1. The molecule has 2 aromatic carbocycles. The highest BCUT2D eigenvalue weighted by Gasteiger charge is 2.28. The third kappa shape index (κ3) is 6.36. The smallest absolute Gasteiger partial charge is 0.256 e. The van der Waals surface area contributed by atoms with E-state index in [4.69, 9.17) is 6.57 Å². The van der Waals surface area contributed by atoms with E-state index in [0.717, 1.165) is 30.5 Å². The summed E-state index contributed by atoms with van der Waals surface area (Å²) in [7, 11) is 0. The Labute approximate surface area is 203 Å². The summed E-state index contributed by atoms with van der Waals surface area (Å²) in [5, 5.41) is 6.82. The van der Waals surface area contributed by atoms with Crippen molar-refractivity contribution in [1.29, 1.82) is 0 Å². The minimum absolute atomic E-state index is 0.0609. The number of carbonyl (C=O) groups is 2. The maximum Gasteiger partial charge on any atom is 0.256 e. The summed E-state index contributed by atoms with van der Waals surface area (Å²) in [4.78, 5) is 31.6. The van der Waals surface area contributed by atoms with Gasteiger partial charge in [0.2, 0.25) is 5.91 Å². The van der Waals surface area contributed by atoms with Gasteiger partial charge in [-0.2, -0.15) is 0 Å².